The topological polar surface area (TPSA) is 75.5 Å². The van der Waals surface area contributed by atoms with Crippen molar-refractivity contribution in [1.82, 2.24) is 5.32 Å². The van der Waals surface area contributed by atoms with Gasteiger partial charge in [0.1, 0.15) is 5.69 Å². The minimum Gasteiger partial charge on any atom is -0.366 e. The van der Waals surface area contributed by atoms with E-state index < -0.39 is 22.4 Å². The second kappa shape index (κ2) is 7.54. The van der Waals surface area contributed by atoms with E-state index in [2.05, 4.69) is 11.9 Å². The Morgan fingerprint density at radius 2 is 2.04 bits per heavy atom. The highest BCUT2D eigenvalue weighted by Crippen LogP contribution is 2.37. The van der Waals surface area contributed by atoms with Crippen molar-refractivity contribution in [3.63, 3.8) is 0 Å². The predicted octanol–water partition coefficient (Wildman–Crippen LogP) is 3.13. The van der Waals surface area contributed by atoms with Gasteiger partial charge in [-0.05, 0) is 25.0 Å². The number of nitrogens with zero attached hydrogens (tertiary/aromatic N) is 2. The van der Waals surface area contributed by atoms with Crippen LogP contribution < -0.4 is 10.2 Å². The number of halogens is 3. The monoisotopic (exact) mass is 357 g/mol. The van der Waals surface area contributed by atoms with E-state index >= 15 is 0 Å². The Morgan fingerprint density at radius 1 is 1.40 bits per heavy atom. The van der Waals surface area contributed by atoms with E-state index in [1.54, 1.807) is 11.0 Å². The zero-order valence-electron chi connectivity index (χ0n) is 13.4. The minimum atomic E-state index is -4.64. The second-order valence-electron chi connectivity index (χ2n) is 5.75. The third kappa shape index (κ3) is 4.49. The van der Waals surface area contributed by atoms with Crippen LogP contribution in [0.25, 0.3) is 0 Å². The lowest BCUT2D eigenvalue weighted by Crippen LogP contribution is -2.40. The summed E-state index contributed by atoms with van der Waals surface area (Å²) in [4.78, 5) is 23.9. The molecule has 2 rings (SSSR count). The van der Waals surface area contributed by atoms with Gasteiger partial charge in [0.15, 0.2) is 0 Å². The average molecular weight is 357 g/mol. The normalized spacial score (nSPS) is 15.7. The Bertz CT molecular complexity index is 668. The highest BCUT2D eigenvalue weighted by molar-refractivity contribution is 5.79. The molecule has 25 heavy (non-hydrogen) atoms. The van der Waals surface area contributed by atoms with Gasteiger partial charge in [-0.1, -0.05) is 6.08 Å². The van der Waals surface area contributed by atoms with E-state index in [4.69, 9.17) is 0 Å². The first-order chi connectivity index (χ1) is 11.7. The molecule has 9 heteroatoms. The number of benzene rings is 1. The van der Waals surface area contributed by atoms with Crippen LogP contribution in [0.15, 0.2) is 30.9 Å². The van der Waals surface area contributed by atoms with Gasteiger partial charge < -0.3 is 10.2 Å². The molecule has 6 nitrogen and oxygen atoms in total. The summed E-state index contributed by atoms with van der Waals surface area (Å²) < 4.78 is 38.3. The van der Waals surface area contributed by atoms with Crippen LogP contribution in [0.2, 0.25) is 0 Å². The molecule has 1 N–H and O–H groups in total. The first kappa shape index (κ1) is 18.8. The van der Waals surface area contributed by atoms with Gasteiger partial charge in [0.2, 0.25) is 5.91 Å². The predicted molar refractivity (Wildman–Crippen MR) is 86.2 cm³/mol. The molecule has 1 amide bonds. The van der Waals surface area contributed by atoms with Gasteiger partial charge >= 0.3 is 6.18 Å². The van der Waals surface area contributed by atoms with Crippen molar-refractivity contribution in [3.05, 3.63) is 46.5 Å². The van der Waals surface area contributed by atoms with Crippen molar-refractivity contribution in [2.75, 3.05) is 24.5 Å². The number of carbonyl (C=O) groups excluding carboxylic acids is 1. The molecule has 0 aromatic heterocycles. The molecule has 0 saturated carbocycles. The highest BCUT2D eigenvalue weighted by Gasteiger charge is 2.34. The maximum Gasteiger partial charge on any atom is 0.416 e. The summed E-state index contributed by atoms with van der Waals surface area (Å²) >= 11 is 0. The Morgan fingerprint density at radius 3 is 2.56 bits per heavy atom. The maximum absolute atomic E-state index is 12.8. The summed E-state index contributed by atoms with van der Waals surface area (Å²) in [5, 5.41) is 13.9. The van der Waals surface area contributed by atoms with Crippen molar-refractivity contribution in [2.24, 2.45) is 5.92 Å². The number of carbonyl (C=O) groups is 1. The van der Waals surface area contributed by atoms with Gasteiger partial charge in [0, 0.05) is 31.6 Å². The number of hydrogen-bond donors (Lipinski definition) is 1. The van der Waals surface area contributed by atoms with Gasteiger partial charge in [-0.2, -0.15) is 13.2 Å². The third-order valence-electron chi connectivity index (χ3n) is 4.13. The second-order valence-corrected chi connectivity index (χ2v) is 5.75. The molecule has 0 bridgehead atoms. The Hall–Kier alpha value is -2.58. The number of nitrogens with one attached hydrogen (secondary N) is 1. The van der Waals surface area contributed by atoms with E-state index in [1.807, 2.05) is 0 Å². The lowest BCUT2D eigenvalue weighted by molar-refractivity contribution is -0.384. The Labute approximate surface area is 142 Å². The van der Waals surface area contributed by atoms with Crippen LogP contribution in [-0.2, 0) is 11.0 Å². The maximum atomic E-state index is 12.8. The zero-order chi connectivity index (χ0) is 18.6. The van der Waals surface area contributed by atoms with Gasteiger partial charge in [0.05, 0.1) is 10.5 Å². The van der Waals surface area contributed by atoms with E-state index in [0.29, 0.717) is 38.5 Å². The van der Waals surface area contributed by atoms with Crippen molar-refractivity contribution in [1.29, 1.82) is 0 Å². The molecule has 1 aromatic rings. The van der Waals surface area contributed by atoms with Crippen LogP contribution in [0, 0.1) is 16.0 Å². The fourth-order valence-electron chi connectivity index (χ4n) is 2.81. The summed E-state index contributed by atoms with van der Waals surface area (Å²) in [6.07, 6.45) is -2.12. The SMILES string of the molecule is C=CCNC(=O)C1CCN(c2ccc(C(F)(F)F)cc2[N+](=O)[O-])CC1. The van der Waals surface area contributed by atoms with Gasteiger partial charge in [-0.15, -0.1) is 6.58 Å². The lowest BCUT2D eigenvalue weighted by atomic mass is 9.95. The molecule has 0 aliphatic carbocycles. The number of rotatable bonds is 5. The van der Waals surface area contributed by atoms with Crippen molar-refractivity contribution >= 4 is 17.3 Å². The number of amides is 1. The summed E-state index contributed by atoms with van der Waals surface area (Å²) in [5.74, 6) is -0.328. The molecular formula is C16H18F3N3O3. The van der Waals surface area contributed by atoms with Crippen LogP contribution in [0.4, 0.5) is 24.5 Å². The van der Waals surface area contributed by atoms with Crippen LogP contribution in [-0.4, -0.2) is 30.5 Å². The molecule has 1 fully saturated rings. The van der Waals surface area contributed by atoms with Gasteiger partial charge in [-0.3, -0.25) is 14.9 Å². The van der Waals surface area contributed by atoms with Gasteiger partial charge in [-0.25, -0.2) is 0 Å². The molecule has 1 saturated heterocycles. The summed E-state index contributed by atoms with van der Waals surface area (Å²) in [5.41, 5.74) is -1.49. The first-order valence-electron chi connectivity index (χ1n) is 7.73. The van der Waals surface area contributed by atoms with E-state index in [9.17, 15) is 28.1 Å². The smallest absolute Gasteiger partial charge is 0.366 e. The third-order valence-corrected chi connectivity index (χ3v) is 4.13. The molecular weight excluding hydrogens is 339 g/mol. The van der Waals surface area contributed by atoms with Crippen LogP contribution in [0.3, 0.4) is 0 Å². The summed E-state index contributed by atoms with van der Waals surface area (Å²) in [6.45, 7) is 4.60. The average Bonchev–Trinajstić information content (AvgIpc) is 2.58. The number of hydrogen-bond acceptors (Lipinski definition) is 4. The Balaban J connectivity index is 2.14. The largest absolute Gasteiger partial charge is 0.416 e. The summed E-state index contributed by atoms with van der Waals surface area (Å²) in [6, 6.07) is 2.52. The van der Waals surface area contributed by atoms with Crippen molar-refractivity contribution in [2.45, 2.75) is 19.0 Å². The number of nitro benzene ring substituents is 1. The number of piperidine rings is 1. The van der Waals surface area contributed by atoms with Crippen LogP contribution in [0.1, 0.15) is 18.4 Å². The zero-order valence-corrected chi connectivity index (χ0v) is 13.4. The van der Waals surface area contributed by atoms with Crippen LogP contribution in [0.5, 0.6) is 0 Å². The van der Waals surface area contributed by atoms with Gasteiger partial charge in [0.25, 0.3) is 5.69 Å². The molecule has 1 aliphatic rings. The fourth-order valence-corrected chi connectivity index (χ4v) is 2.81. The lowest BCUT2D eigenvalue weighted by Gasteiger charge is -2.32. The molecule has 1 heterocycles. The van der Waals surface area contributed by atoms with Crippen molar-refractivity contribution in [3.8, 4) is 0 Å². The fraction of sp³-hybridized carbons (Fsp3) is 0.438. The standard InChI is InChI=1S/C16H18F3N3O3/c1-2-7-20-15(23)11-5-8-21(9-6-11)13-4-3-12(16(17,18)19)10-14(13)22(24)25/h2-4,10-11H,1,5-9H2,(H,20,23). The number of alkyl halides is 3. The minimum absolute atomic E-state index is 0.110. The quantitative estimate of drug-likeness (QED) is 0.499. The van der Waals surface area contributed by atoms with Crippen LogP contribution >= 0.6 is 0 Å². The Kier molecular flexibility index (Phi) is 5.66. The first-order valence-corrected chi connectivity index (χ1v) is 7.73. The number of anilines is 1. The number of nitro groups is 1. The molecule has 1 aromatic carbocycles. The van der Waals surface area contributed by atoms with E-state index in [-0.39, 0.29) is 17.5 Å². The molecule has 0 atom stereocenters. The summed E-state index contributed by atoms with van der Waals surface area (Å²) in [7, 11) is 0. The highest BCUT2D eigenvalue weighted by atomic mass is 19.4. The molecule has 0 spiro atoms. The van der Waals surface area contributed by atoms with E-state index in [1.165, 1.54) is 0 Å². The molecule has 0 unspecified atom stereocenters. The molecule has 1 aliphatic heterocycles. The van der Waals surface area contributed by atoms with Crippen molar-refractivity contribution < 1.29 is 22.9 Å². The van der Waals surface area contributed by atoms with E-state index in [0.717, 1.165) is 12.1 Å². The molecule has 136 valence electrons. The molecule has 0 radical (unpaired) electrons.